The number of benzene rings is 3. The monoisotopic (exact) mass is 444 g/mol. The lowest BCUT2D eigenvalue weighted by Crippen LogP contribution is -1.97. The molecule has 0 bridgehead atoms. The van der Waals surface area contributed by atoms with E-state index in [0.29, 0.717) is 32.1 Å². The third-order valence-corrected chi connectivity index (χ3v) is 4.93. The Morgan fingerprint density at radius 1 is 0.759 bits per heavy atom. The van der Waals surface area contributed by atoms with Crippen molar-refractivity contribution in [1.29, 1.82) is 0 Å². The normalized spacial score (nSPS) is 10.8. The SMILES string of the molecule is Fc1ccc(Oc2ncc(-c3ccc(Cl)cc3)c(-c3ccc(Cl)cc3Cl)n2)cc1. The highest BCUT2D eigenvalue weighted by molar-refractivity contribution is 6.36. The van der Waals surface area contributed by atoms with Gasteiger partial charge in [0, 0.05) is 27.4 Å². The van der Waals surface area contributed by atoms with Crippen molar-refractivity contribution in [3.05, 3.63) is 93.8 Å². The average molecular weight is 446 g/mol. The number of hydrogen-bond acceptors (Lipinski definition) is 3. The van der Waals surface area contributed by atoms with E-state index in [1.807, 2.05) is 12.1 Å². The largest absolute Gasteiger partial charge is 0.424 e. The topological polar surface area (TPSA) is 35.0 Å². The summed E-state index contributed by atoms with van der Waals surface area (Å²) in [5.41, 5.74) is 2.86. The van der Waals surface area contributed by atoms with E-state index >= 15 is 0 Å². The summed E-state index contributed by atoms with van der Waals surface area (Å²) >= 11 is 18.5. The van der Waals surface area contributed by atoms with Crippen LogP contribution in [0.2, 0.25) is 15.1 Å². The molecular weight excluding hydrogens is 434 g/mol. The highest BCUT2D eigenvalue weighted by atomic mass is 35.5. The molecule has 4 rings (SSSR count). The van der Waals surface area contributed by atoms with E-state index < -0.39 is 0 Å². The van der Waals surface area contributed by atoms with Crippen LogP contribution in [0.5, 0.6) is 11.8 Å². The number of hydrogen-bond donors (Lipinski definition) is 0. The van der Waals surface area contributed by atoms with Crippen LogP contribution < -0.4 is 4.74 Å². The molecule has 0 radical (unpaired) electrons. The van der Waals surface area contributed by atoms with Crippen molar-refractivity contribution in [3.63, 3.8) is 0 Å². The van der Waals surface area contributed by atoms with Crippen molar-refractivity contribution < 1.29 is 9.13 Å². The van der Waals surface area contributed by atoms with Gasteiger partial charge >= 0.3 is 6.01 Å². The first-order valence-electron chi connectivity index (χ1n) is 8.51. The lowest BCUT2D eigenvalue weighted by atomic mass is 10.0. The maximum atomic E-state index is 13.1. The van der Waals surface area contributed by atoms with Crippen LogP contribution in [0.25, 0.3) is 22.4 Å². The molecule has 4 aromatic rings. The fourth-order valence-electron chi connectivity index (χ4n) is 2.75. The number of ether oxygens (including phenoxy) is 1. The summed E-state index contributed by atoms with van der Waals surface area (Å²) in [5.74, 6) is 0.0591. The molecule has 7 heteroatoms. The van der Waals surface area contributed by atoms with Gasteiger partial charge in [0.1, 0.15) is 11.6 Å². The van der Waals surface area contributed by atoms with Crippen molar-refractivity contribution in [2.24, 2.45) is 0 Å². The Labute approximate surface area is 181 Å². The Bertz CT molecular complexity index is 1170. The first-order valence-corrected chi connectivity index (χ1v) is 9.65. The van der Waals surface area contributed by atoms with E-state index in [1.54, 1.807) is 36.5 Å². The van der Waals surface area contributed by atoms with E-state index in [9.17, 15) is 4.39 Å². The zero-order valence-electron chi connectivity index (χ0n) is 14.7. The third kappa shape index (κ3) is 4.51. The van der Waals surface area contributed by atoms with E-state index in [0.717, 1.165) is 11.1 Å². The molecule has 1 aromatic heterocycles. The van der Waals surface area contributed by atoms with Gasteiger partial charge in [-0.3, -0.25) is 0 Å². The van der Waals surface area contributed by atoms with Crippen LogP contribution in [-0.4, -0.2) is 9.97 Å². The van der Waals surface area contributed by atoms with Gasteiger partial charge in [-0.15, -0.1) is 0 Å². The first-order chi connectivity index (χ1) is 14.0. The number of halogens is 4. The van der Waals surface area contributed by atoms with Crippen molar-refractivity contribution in [3.8, 4) is 34.1 Å². The van der Waals surface area contributed by atoms with Gasteiger partial charge in [-0.05, 0) is 60.2 Å². The summed E-state index contributed by atoms with van der Waals surface area (Å²) in [7, 11) is 0. The van der Waals surface area contributed by atoms with Crippen LogP contribution in [0.15, 0.2) is 72.9 Å². The Kier molecular flexibility index (Phi) is 5.67. The molecule has 0 saturated carbocycles. The molecule has 0 saturated heterocycles. The third-order valence-electron chi connectivity index (χ3n) is 4.13. The van der Waals surface area contributed by atoms with Gasteiger partial charge in [0.05, 0.1) is 10.7 Å². The molecule has 0 aliphatic carbocycles. The zero-order valence-corrected chi connectivity index (χ0v) is 17.0. The molecule has 0 atom stereocenters. The van der Waals surface area contributed by atoms with E-state index in [-0.39, 0.29) is 11.8 Å². The van der Waals surface area contributed by atoms with Crippen LogP contribution in [0.3, 0.4) is 0 Å². The molecule has 144 valence electrons. The predicted molar refractivity (Wildman–Crippen MR) is 114 cm³/mol. The molecule has 0 unspecified atom stereocenters. The highest BCUT2D eigenvalue weighted by Gasteiger charge is 2.16. The van der Waals surface area contributed by atoms with Gasteiger partial charge in [0.2, 0.25) is 0 Å². The number of nitrogens with zero attached hydrogens (tertiary/aromatic N) is 2. The average Bonchev–Trinajstić information content (AvgIpc) is 2.71. The molecule has 0 amide bonds. The summed E-state index contributed by atoms with van der Waals surface area (Å²) in [6.07, 6.45) is 1.65. The highest BCUT2D eigenvalue weighted by Crippen LogP contribution is 2.37. The smallest absolute Gasteiger partial charge is 0.322 e. The zero-order chi connectivity index (χ0) is 20.4. The number of aromatic nitrogens is 2. The van der Waals surface area contributed by atoms with Crippen LogP contribution in [0.4, 0.5) is 4.39 Å². The molecule has 0 N–H and O–H groups in total. The van der Waals surface area contributed by atoms with E-state index in [2.05, 4.69) is 9.97 Å². The first kappa shape index (κ1) is 19.6. The maximum Gasteiger partial charge on any atom is 0.322 e. The summed E-state index contributed by atoms with van der Waals surface area (Å²) in [5, 5.41) is 1.58. The molecule has 3 nitrogen and oxygen atoms in total. The molecule has 1 heterocycles. The summed E-state index contributed by atoms with van der Waals surface area (Å²) in [4.78, 5) is 8.86. The van der Waals surface area contributed by atoms with Gasteiger partial charge in [0.15, 0.2) is 0 Å². The van der Waals surface area contributed by atoms with Gasteiger partial charge < -0.3 is 4.74 Å². The van der Waals surface area contributed by atoms with Crippen molar-refractivity contribution >= 4 is 34.8 Å². The summed E-state index contributed by atoms with van der Waals surface area (Å²) < 4.78 is 18.8. The Hall–Kier alpha value is -2.66. The minimum atomic E-state index is -0.356. The minimum absolute atomic E-state index is 0.107. The number of rotatable bonds is 4. The molecule has 0 fully saturated rings. The van der Waals surface area contributed by atoms with Crippen LogP contribution in [-0.2, 0) is 0 Å². The molecule has 0 aliphatic rings. The minimum Gasteiger partial charge on any atom is -0.424 e. The van der Waals surface area contributed by atoms with Gasteiger partial charge in [-0.25, -0.2) is 9.37 Å². The van der Waals surface area contributed by atoms with E-state index in [1.165, 1.54) is 24.3 Å². The fourth-order valence-corrected chi connectivity index (χ4v) is 3.37. The molecular formula is C22H12Cl3FN2O. The van der Waals surface area contributed by atoms with Crippen LogP contribution >= 0.6 is 34.8 Å². The van der Waals surface area contributed by atoms with Gasteiger partial charge in [0.25, 0.3) is 0 Å². The standard InChI is InChI=1S/C22H12Cl3FN2O/c23-14-3-1-13(2-4-14)19-12-27-22(29-17-8-6-16(26)7-9-17)28-21(19)18-10-5-15(24)11-20(18)25/h1-12H. The maximum absolute atomic E-state index is 13.1. The lowest BCUT2D eigenvalue weighted by molar-refractivity contribution is 0.441. The Morgan fingerprint density at radius 2 is 1.45 bits per heavy atom. The van der Waals surface area contributed by atoms with Crippen molar-refractivity contribution in [2.45, 2.75) is 0 Å². The molecule has 29 heavy (non-hydrogen) atoms. The fraction of sp³-hybridized carbons (Fsp3) is 0. The van der Waals surface area contributed by atoms with Crippen LogP contribution in [0, 0.1) is 5.82 Å². The van der Waals surface area contributed by atoms with Crippen molar-refractivity contribution in [2.75, 3.05) is 0 Å². The second-order valence-electron chi connectivity index (χ2n) is 6.10. The Morgan fingerprint density at radius 3 is 2.14 bits per heavy atom. The molecule has 3 aromatic carbocycles. The van der Waals surface area contributed by atoms with Gasteiger partial charge in [-0.1, -0.05) is 46.9 Å². The van der Waals surface area contributed by atoms with Crippen LogP contribution in [0.1, 0.15) is 0 Å². The second-order valence-corrected chi connectivity index (χ2v) is 7.38. The Balaban J connectivity index is 1.82. The second kappa shape index (κ2) is 8.37. The van der Waals surface area contributed by atoms with Gasteiger partial charge in [-0.2, -0.15) is 4.98 Å². The van der Waals surface area contributed by atoms with Crippen molar-refractivity contribution in [1.82, 2.24) is 9.97 Å². The summed E-state index contributed by atoms with van der Waals surface area (Å²) in [6.45, 7) is 0. The molecule has 0 spiro atoms. The predicted octanol–water partition coefficient (Wildman–Crippen LogP) is 7.70. The summed E-state index contributed by atoms with van der Waals surface area (Å²) in [6, 6.07) is 18.2. The molecule has 0 aliphatic heterocycles. The van der Waals surface area contributed by atoms with E-state index in [4.69, 9.17) is 39.5 Å². The quantitative estimate of drug-likeness (QED) is 0.323. The lowest BCUT2D eigenvalue weighted by Gasteiger charge is -2.13.